The van der Waals surface area contributed by atoms with Crippen molar-refractivity contribution in [3.8, 4) is 0 Å². The molecule has 0 radical (unpaired) electrons. The van der Waals surface area contributed by atoms with Crippen LogP contribution in [0.25, 0.3) is 0 Å². The van der Waals surface area contributed by atoms with Gasteiger partial charge >= 0.3 is 5.97 Å². The predicted molar refractivity (Wildman–Crippen MR) is 69.7 cm³/mol. The van der Waals surface area contributed by atoms with Crippen LogP contribution in [0.1, 0.15) is 15.9 Å². The molecule has 0 bridgehead atoms. The summed E-state index contributed by atoms with van der Waals surface area (Å²) in [5.41, 5.74) is 1.48. The van der Waals surface area contributed by atoms with Crippen LogP contribution in [0.2, 0.25) is 0 Å². The summed E-state index contributed by atoms with van der Waals surface area (Å²) in [6.45, 7) is 0.699. The molecule has 2 rings (SSSR count). The molecule has 82 valence electrons. The molecule has 0 aliphatic carbocycles. The Bertz CT molecular complexity index is 502. The van der Waals surface area contributed by atoms with Crippen molar-refractivity contribution < 1.29 is 9.90 Å². The van der Waals surface area contributed by atoms with Crippen LogP contribution in [0, 0.1) is 3.57 Å². The van der Waals surface area contributed by atoms with Crippen molar-refractivity contribution in [2.24, 2.45) is 0 Å². The van der Waals surface area contributed by atoms with Gasteiger partial charge in [0.15, 0.2) is 0 Å². The van der Waals surface area contributed by atoms with E-state index in [2.05, 4.69) is 22.6 Å². The van der Waals surface area contributed by atoms with Crippen molar-refractivity contribution in [2.75, 3.05) is 0 Å². The van der Waals surface area contributed by atoms with Crippen LogP contribution in [0.5, 0.6) is 0 Å². The van der Waals surface area contributed by atoms with E-state index in [0.29, 0.717) is 12.1 Å². The summed E-state index contributed by atoms with van der Waals surface area (Å²) in [5, 5.41) is 8.79. The van der Waals surface area contributed by atoms with E-state index in [0.717, 1.165) is 5.56 Å². The molecule has 1 N–H and O–H groups in total. The molecule has 0 amide bonds. The second kappa shape index (κ2) is 4.69. The summed E-state index contributed by atoms with van der Waals surface area (Å²) in [7, 11) is 0. The zero-order valence-electron chi connectivity index (χ0n) is 8.43. The summed E-state index contributed by atoms with van der Waals surface area (Å²) >= 11 is 2.26. The number of carboxylic acid groups (broad SMARTS) is 1. The molecule has 0 saturated heterocycles. The Morgan fingerprint density at radius 2 is 1.94 bits per heavy atom. The highest BCUT2D eigenvalue weighted by Crippen LogP contribution is 2.09. The second-order valence-corrected chi connectivity index (χ2v) is 4.75. The van der Waals surface area contributed by atoms with E-state index < -0.39 is 5.97 Å². The van der Waals surface area contributed by atoms with Gasteiger partial charge in [0.2, 0.25) is 0 Å². The number of hydrogen-bond acceptors (Lipinski definition) is 1. The fourth-order valence-corrected chi connectivity index (χ4v) is 1.83. The molecular weight excluding hydrogens is 317 g/mol. The standard InChI is InChI=1S/C12H10INO2/c13-11-3-1-9(2-4-11)7-14-6-5-10(8-14)12(15)16/h1-6,8H,7H2,(H,15,16). The van der Waals surface area contributed by atoms with Crippen molar-refractivity contribution in [1.82, 2.24) is 4.57 Å². The summed E-state index contributed by atoms with van der Waals surface area (Å²) in [4.78, 5) is 10.7. The molecule has 0 unspecified atom stereocenters. The number of aromatic nitrogens is 1. The summed E-state index contributed by atoms with van der Waals surface area (Å²) in [6, 6.07) is 9.77. The zero-order valence-corrected chi connectivity index (χ0v) is 10.6. The fraction of sp³-hybridized carbons (Fsp3) is 0.0833. The first-order valence-corrected chi connectivity index (χ1v) is 5.86. The molecule has 0 saturated carbocycles. The van der Waals surface area contributed by atoms with Crippen molar-refractivity contribution in [3.05, 3.63) is 57.4 Å². The predicted octanol–water partition coefficient (Wildman–Crippen LogP) is 2.84. The minimum Gasteiger partial charge on any atom is -0.478 e. The number of rotatable bonds is 3. The number of halogens is 1. The number of nitrogens with zero attached hydrogens (tertiary/aromatic N) is 1. The van der Waals surface area contributed by atoms with Gasteiger partial charge in [-0.25, -0.2) is 4.79 Å². The smallest absolute Gasteiger partial charge is 0.337 e. The van der Waals surface area contributed by atoms with Gasteiger partial charge < -0.3 is 9.67 Å². The molecule has 0 fully saturated rings. The van der Waals surface area contributed by atoms with Gasteiger partial charge in [0, 0.05) is 22.5 Å². The lowest BCUT2D eigenvalue weighted by molar-refractivity contribution is 0.0697. The average molecular weight is 327 g/mol. The first-order valence-electron chi connectivity index (χ1n) is 4.78. The van der Waals surface area contributed by atoms with Crippen LogP contribution in [-0.2, 0) is 6.54 Å². The molecule has 0 aliphatic heterocycles. The lowest BCUT2D eigenvalue weighted by atomic mass is 10.2. The maximum atomic E-state index is 10.7. The fourth-order valence-electron chi connectivity index (χ4n) is 1.47. The number of benzene rings is 1. The molecular formula is C12H10INO2. The van der Waals surface area contributed by atoms with Crippen molar-refractivity contribution in [3.63, 3.8) is 0 Å². The summed E-state index contributed by atoms with van der Waals surface area (Å²) in [6.07, 6.45) is 3.42. The Hall–Kier alpha value is -1.30. The molecule has 1 aromatic heterocycles. The van der Waals surface area contributed by atoms with E-state index in [1.807, 2.05) is 28.8 Å². The summed E-state index contributed by atoms with van der Waals surface area (Å²) in [5.74, 6) is -0.888. The molecule has 1 heterocycles. The minimum absolute atomic E-state index is 0.325. The van der Waals surface area contributed by atoms with Gasteiger partial charge in [-0.15, -0.1) is 0 Å². The van der Waals surface area contributed by atoms with E-state index in [4.69, 9.17) is 5.11 Å². The van der Waals surface area contributed by atoms with Crippen LogP contribution in [0.15, 0.2) is 42.7 Å². The van der Waals surface area contributed by atoms with Gasteiger partial charge in [0.05, 0.1) is 5.56 Å². The van der Waals surface area contributed by atoms with Crippen LogP contribution < -0.4 is 0 Å². The third-order valence-electron chi connectivity index (χ3n) is 2.28. The number of aromatic carboxylic acids is 1. The van der Waals surface area contributed by atoms with E-state index in [9.17, 15) is 4.79 Å². The third-order valence-corrected chi connectivity index (χ3v) is 2.99. The maximum absolute atomic E-state index is 10.7. The lowest BCUT2D eigenvalue weighted by Gasteiger charge is -2.02. The monoisotopic (exact) mass is 327 g/mol. The molecule has 16 heavy (non-hydrogen) atoms. The number of hydrogen-bond donors (Lipinski definition) is 1. The first kappa shape index (κ1) is 11.2. The van der Waals surface area contributed by atoms with Crippen LogP contribution in [0.3, 0.4) is 0 Å². The zero-order chi connectivity index (χ0) is 11.5. The topological polar surface area (TPSA) is 42.2 Å². The molecule has 3 nitrogen and oxygen atoms in total. The first-order chi connectivity index (χ1) is 7.65. The Morgan fingerprint density at radius 1 is 1.25 bits per heavy atom. The lowest BCUT2D eigenvalue weighted by Crippen LogP contribution is -1.98. The molecule has 0 aliphatic rings. The van der Waals surface area contributed by atoms with Crippen LogP contribution in [0.4, 0.5) is 0 Å². The van der Waals surface area contributed by atoms with Gasteiger partial charge in [-0.3, -0.25) is 0 Å². The van der Waals surface area contributed by atoms with Crippen molar-refractivity contribution in [1.29, 1.82) is 0 Å². The van der Waals surface area contributed by atoms with Crippen molar-refractivity contribution in [2.45, 2.75) is 6.54 Å². The van der Waals surface area contributed by atoms with Gasteiger partial charge in [0.25, 0.3) is 0 Å². The molecule has 4 heteroatoms. The van der Waals surface area contributed by atoms with Gasteiger partial charge in [0.1, 0.15) is 0 Å². The van der Waals surface area contributed by atoms with Crippen LogP contribution in [-0.4, -0.2) is 15.6 Å². The SMILES string of the molecule is O=C(O)c1ccn(Cc2ccc(I)cc2)c1. The normalized spacial score (nSPS) is 10.3. The third kappa shape index (κ3) is 2.63. The van der Waals surface area contributed by atoms with Crippen molar-refractivity contribution >= 4 is 28.6 Å². The number of carbonyl (C=O) groups is 1. The Balaban J connectivity index is 2.14. The second-order valence-electron chi connectivity index (χ2n) is 3.50. The number of carboxylic acids is 1. The highest BCUT2D eigenvalue weighted by Gasteiger charge is 2.04. The average Bonchev–Trinajstić information content (AvgIpc) is 2.70. The Morgan fingerprint density at radius 3 is 2.50 bits per heavy atom. The molecule has 2 aromatic rings. The van der Waals surface area contributed by atoms with E-state index >= 15 is 0 Å². The molecule has 0 spiro atoms. The Labute approximate surface area is 107 Å². The minimum atomic E-state index is -0.888. The quantitative estimate of drug-likeness (QED) is 0.881. The highest BCUT2D eigenvalue weighted by molar-refractivity contribution is 14.1. The summed E-state index contributed by atoms with van der Waals surface area (Å²) < 4.78 is 3.06. The molecule has 0 atom stereocenters. The van der Waals surface area contributed by atoms with Gasteiger partial charge in [-0.1, -0.05) is 12.1 Å². The molecule has 1 aromatic carbocycles. The van der Waals surface area contributed by atoms with E-state index in [1.165, 1.54) is 3.57 Å². The highest BCUT2D eigenvalue weighted by atomic mass is 127. The Kier molecular flexibility index (Phi) is 3.28. The largest absolute Gasteiger partial charge is 0.478 e. The maximum Gasteiger partial charge on any atom is 0.337 e. The van der Waals surface area contributed by atoms with Gasteiger partial charge in [-0.2, -0.15) is 0 Å². The van der Waals surface area contributed by atoms with Crippen LogP contribution >= 0.6 is 22.6 Å². The van der Waals surface area contributed by atoms with Gasteiger partial charge in [-0.05, 0) is 46.4 Å². The van der Waals surface area contributed by atoms with E-state index in [-0.39, 0.29) is 0 Å². The van der Waals surface area contributed by atoms with E-state index in [1.54, 1.807) is 18.5 Å².